The molecule has 1 saturated heterocycles. The van der Waals surface area contributed by atoms with E-state index >= 15 is 0 Å². The van der Waals surface area contributed by atoms with Crippen molar-refractivity contribution in [3.8, 4) is 5.75 Å². The van der Waals surface area contributed by atoms with Crippen LogP contribution in [0.5, 0.6) is 5.75 Å². The number of hydrogen-bond donors (Lipinski definition) is 1. The molecule has 6 nitrogen and oxygen atoms in total. The summed E-state index contributed by atoms with van der Waals surface area (Å²) in [4.78, 5) is 24.9. The molecule has 20 heavy (non-hydrogen) atoms. The van der Waals surface area contributed by atoms with Gasteiger partial charge in [0.1, 0.15) is 5.75 Å². The van der Waals surface area contributed by atoms with Gasteiger partial charge in [-0.1, -0.05) is 12.1 Å². The highest BCUT2D eigenvalue weighted by molar-refractivity contribution is 6.35. The van der Waals surface area contributed by atoms with E-state index < -0.39 is 11.8 Å². The lowest BCUT2D eigenvalue weighted by Crippen LogP contribution is -2.39. The van der Waals surface area contributed by atoms with Crippen molar-refractivity contribution >= 4 is 18.0 Å². The predicted octanol–water partition coefficient (Wildman–Crippen LogP) is 0.768. The monoisotopic (exact) mass is 275 g/mol. The van der Waals surface area contributed by atoms with Crippen LogP contribution in [0.4, 0.5) is 0 Å². The molecular weight excluding hydrogens is 258 g/mol. The molecule has 1 heterocycles. The Hall–Kier alpha value is -2.37. The van der Waals surface area contributed by atoms with Crippen LogP contribution in [0.15, 0.2) is 29.4 Å². The second kappa shape index (κ2) is 6.70. The second-order valence-corrected chi connectivity index (χ2v) is 4.44. The Bertz CT molecular complexity index is 522. The van der Waals surface area contributed by atoms with Crippen LogP contribution in [0.2, 0.25) is 0 Å². The molecule has 2 amide bonds. The number of likely N-dealkylation sites (tertiary alicyclic amines) is 1. The Labute approximate surface area is 117 Å². The van der Waals surface area contributed by atoms with Gasteiger partial charge in [-0.3, -0.25) is 9.59 Å². The van der Waals surface area contributed by atoms with E-state index in [1.54, 1.807) is 19.2 Å². The molecule has 0 unspecified atom stereocenters. The SMILES string of the molecule is COc1ccccc1/C=N/NC(=O)C(=O)N1CCCC1. The van der Waals surface area contributed by atoms with Gasteiger partial charge in [0, 0.05) is 18.7 Å². The van der Waals surface area contributed by atoms with Crippen LogP contribution in [0.25, 0.3) is 0 Å². The number of para-hydroxylation sites is 1. The third-order valence-electron chi connectivity index (χ3n) is 3.10. The number of hydrazone groups is 1. The van der Waals surface area contributed by atoms with Crippen LogP contribution in [0.1, 0.15) is 18.4 Å². The summed E-state index contributed by atoms with van der Waals surface area (Å²) in [6, 6.07) is 7.27. The minimum atomic E-state index is -0.710. The number of benzene rings is 1. The van der Waals surface area contributed by atoms with E-state index in [1.165, 1.54) is 11.1 Å². The van der Waals surface area contributed by atoms with Crippen molar-refractivity contribution in [1.82, 2.24) is 10.3 Å². The van der Waals surface area contributed by atoms with Gasteiger partial charge in [0.15, 0.2) is 0 Å². The van der Waals surface area contributed by atoms with Gasteiger partial charge in [0.2, 0.25) is 0 Å². The molecule has 1 aromatic rings. The number of methoxy groups -OCH3 is 1. The lowest BCUT2D eigenvalue weighted by Gasteiger charge is -2.12. The number of carbonyl (C=O) groups is 2. The molecule has 1 fully saturated rings. The Kier molecular flexibility index (Phi) is 4.70. The van der Waals surface area contributed by atoms with Crippen molar-refractivity contribution in [3.05, 3.63) is 29.8 Å². The minimum Gasteiger partial charge on any atom is -0.496 e. The number of carbonyl (C=O) groups excluding carboxylic acids is 2. The fourth-order valence-corrected chi connectivity index (χ4v) is 2.05. The third-order valence-corrected chi connectivity index (χ3v) is 3.10. The summed E-state index contributed by atoms with van der Waals surface area (Å²) >= 11 is 0. The minimum absolute atomic E-state index is 0.528. The first-order valence-electron chi connectivity index (χ1n) is 6.47. The summed E-state index contributed by atoms with van der Waals surface area (Å²) in [5.41, 5.74) is 2.97. The molecule has 1 aliphatic rings. The number of nitrogens with one attached hydrogen (secondary N) is 1. The number of rotatable bonds is 3. The largest absolute Gasteiger partial charge is 0.496 e. The summed E-state index contributed by atoms with van der Waals surface area (Å²) in [7, 11) is 1.56. The number of nitrogens with zero attached hydrogens (tertiary/aromatic N) is 2. The van der Waals surface area contributed by atoms with Gasteiger partial charge in [-0.05, 0) is 25.0 Å². The maximum atomic E-state index is 11.7. The summed E-state index contributed by atoms with van der Waals surface area (Å²) in [5.74, 6) is -0.589. The van der Waals surface area contributed by atoms with Crippen molar-refractivity contribution in [2.45, 2.75) is 12.8 Å². The molecule has 6 heteroatoms. The van der Waals surface area contributed by atoms with E-state index in [0.717, 1.165) is 18.4 Å². The summed E-state index contributed by atoms with van der Waals surface area (Å²) < 4.78 is 5.15. The summed E-state index contributed by atoms with van der Waals surface area (Å²) in [5, 5.41) is 3.79. The van der Waals surface area contributed by atoms with Crippen molar-refractivity contribution in [3.63, 3.8) is 0 Å². The first-order chi connectivity index (χ1) is 9.72. The quantitative estimate of drug-likeness (QED) is 0.503. The van der Waals surface area contributed by atoms with Crippen LogP contribution in [0.3, 0.4) is 0 Å². The normalized spacial score (nSPS) is 14.6. The maximum Gasteiger partial charge on any atom is 0.329 e. The van der Waals surface area contributed by atoms with Gasteiger partial charge >= 0.3 is 11.8 Å². The Morgan fingerprint density at radius 3 is 2.70 bits per heavy atom. The van der Waals surface area contributed by atoms with Gasteiger partial charge < -0.3 is 9.64 Å². The highest BCUT2D eigenvalue weighted by atomic mass is 16.5. The molecule has 0 atom stereocenters. The van der Waals surface area contributed by atoms with E-state index in [4.69, 9.17) is 4.74 Å². The number of ether oxygens (including phenoxy) is 1. The van der Waals surface area contributed by atoms with Gasteiger partial charge in [-0.15, -0.1) is 0 Å². The zero-order valence-electron chi connectivity index (χ0n) is 11.3. The third kappa shape index (κ3) is 3.34. The summed E-state index contributed by atoms with van der Waals surface area (Å²) in [6.07, 6.45) is 3.35. The van der Waals surface area contributed by atoms with Crippen molar-refractivity contribution in [1.29, 1.82) is 0 Å². The van der Waals surface area contributed by atoms with Crippen LogP contribution in [0, 0.1) is 0 Å². The van der Waals surface area contributed by atoms with E-state index in [0.29, 0.717) is 18.8 Å². The molecule has 106 valence electrons. The molecule has 1 N–H and O–H groups in total. The summed E-state index contributed by atoms with van der Waals surface area (Å²) in [6.45, 7) is 1.28. The first kappa shape index (κ1) is 14.0. The van der Waals surface area contributed by atoms with E-state index in [-0.39, 0.29) is 0 Å². The van der Waals surface area contributed by atoms with Gasteiger partial charge in [0.05, 0.1) is 13.3 Å². The Morgan fingerprint density at radius 1 is 1.30 bits per heavy atom. The van der Waals surface area contributed by atoms with Crippen molar-refractivity contribution in [2.24, 2.45) is 5.10 Å². The molecule has 0 bridgehead atoms. The Morgan fingerprint density at radius 2 is 2.00 bits per heavy atom. The van der Waals surface area contributed by atoms with E-state index in [9.17, 15) is 9.59 Å². The van der Waals surface area contributed by atoms with E-state index in [1.807, 2.05) is 12.1 Å². The zero-order chi connectivity index (χ0) is 14.4. The van der Waals surface area contributed by atoms with Crippen LogP contribution in [-0.2, 0) is 9.59 Å². The molecule has 0 spiro atoms. The zero-order valence-corrected chi connectivity index (χ0v) is 11.3. The average Bonchev–Trinajstić information content (AvgIpc) is 3.01. The molecule has 0 radical (unpaired) electrons. The fraction of sp³-hybridized carbons (Fsp3) is 0.357. The lowest BCUT2D eigenvalue weighted by molar-refractivity contribution is -0.145. The first-order valence-corrected chi connectivity index (χ1v) is 6.47. The molecule has 1 aliphatic heterocycles. The number of amides is 2. The van der Waals surface area contributed by atoms with Crippen molar-refractivity contribution in [2.75, 3.05) is 20.2 Å². The molecule has 0 aliphatic carbocycles. The van der Waals surface area contributed by atoms with Crippen molar-refractivity contribution < 1.29 is 14.3 Å². The topological polar surface area (TPSA) is 71.0 Å². The van der Waals surface area contributed by atoms with Crippen LogP contribution >= 0.6 is 0 Å². The highest BCUT2D eigenvalue weighted by Gasteiger charge is 2.23. The van der Waals surface area contributed by atoms with E-state index in [2.05, 4.69) is 10.5 Å². The Balaban J connectivity index is 1.92. The average molecular weight is 275 g/mol. The van der Waals surface area contributed by atoms with Crippen LogP contribution in [-0.4, -0.2) is 43.1 Å². The second-order valence-electron chi connectivity index (χ2n) is 4.44. The van der Waals surface area contributed by atoms with Gasteiger partial charge in [0.25, 0.3) is 0 Å². The maximum absolute atomic E-state index is 11.7. The van der Waals surface area contributed by atoms with Gasteiger partial charge in [-0.2, -0.15) is 5.10 Å². The van der Waals surface area contributed by atoms with Gasteiger partial charge in [-0.25, -0.2) is 5.43 Å². The molecule has 0 saturated carbocycles. The molecule has 1 aromatic carbocycles. The molecular formula is C14H17N3O3. The standard InChI is InChI=1S/C14H17N3O3/c1-20-12-7-3-2-6-11(12)10-15-16-13(18)14(19)17-8-4-5-9-17/h2-3,6-7,10H,4-5,8-9H2,1H3,(H,16,18)/b15-10+. The molecule has 0 aromatic heterocycles. The number of hydrogen-bond acceptors (Lipinski definition) is 4. The lowest BCUT2D eigenvalue weighted by atomic mass is 10.2. The molecule has 2 rings (SSSR count). The smallest absolute Gasteiger partial charge is 0.329 e. The van der Waals surface area contributed by atoms with Crippen LogP contribution < -0.4 is 10.2 Å². The predicted molar refractivity (Wildman–Crippen MR) is 74.5 cm³/mol. The fourth-order valence-electron chi connectivity index (χ4n) is 2.05. The highest BCUT2D eigenvalue weighted by Crippen LogP contribution is 2.14.